The van der Waals surface area contributed by atoms with Gasteiger partial charge in [-0.3, -0.25) is 0 Å². The van der Waals surface area contributed by atoms with E-state index < -0.39 is 0 Å². The van der Waals surface area contributed by atoms with Crippen LogP contribution in [0.3, 0.4) is 0 Å². The van der Waals surface area contributed by atoms with E-state index in [1.165, 1.54) is 4.88 Å². The van der Waals surface area contributed by atoms with Crippen molar-refractivity contribution in [1.29, 1.82) is 0 Å². The fourth-order valence-corrected chi connectivity index (χ4v) is 1.61. The van der Waals surface area contributed by atoms with Crippen molar-refractivity contribution in [2.75, 3.05) is 7.11 Å². The summed E-state index contributed by atoms with van der Waals surface area (Å²) in [5.74, 6) is 0. The Kier molecular flexibility index (Phi) is 2.99. The van der Waals surface area contributed by atoms with Gasteiger partial charge in [0, 0.05) is 4.88 Å². The van der Waals surface area contributed by atoms with Crippen LogP contribution in [0.1, 0.15) is 15.6 Å². The van der Waals surface area contributed by atoms with Crippen LogP contribution >= 0.6 is 11.3 Å². The lowest BCUT2D eigenvalue weighted by molar-refractivity contribution is 0.0866. The van der Waals surface area contributed by atoms with Crippen LogP contribution in [0.15, 0.2) is 0 Å². The van der Waals surface area contributed by atoms with Crippen molar-refractivity contribution in [3.05, 3.63) is 15.6 Å². The number of nitrogens with zero attached hydrogens (tertiary/aromatic N) is 1. The minimum absolute atomic E-state index is 0.690. The van der Waals surface area contributed by atoms with E-state index in [0.717, 1.165) is 10.7 Å². The Morgan fingerprint density at radius 3 is 2.73 bits per heavy atom. The molecule has 1 heterocycles. The third-order valence-electron chi connectivity index (χ3n) is 1.44. The Balaban J connectivity index is 2.58. The summed E-state index contributed by atoms with van der Waals surface area (Å²) >= 11 is 1.70. The highest BCUT2D eigenvalue weighted by Gasteiger charge is 2.01. The van der Waals surface area contributed by atoms with E-state index in [4.69, 9.17) is 4.84 Å². The smallest absolute Gasteiger partial charge is 0.109 e. The predicted molar refractivity (Wildman–Crippen MR) is 45.4 cm³/mol. The van der Waals surface area contributed by atoms with Crippen molar-refractivity contribution < 1.29 is 4.84 Å². The van der Waals surface area contributed by atoms with Gasteiger partial charge in [-0.15, -0.1) is 11.3 Å². The SMILES string of the molecule is CONCc1nc(C)c(C)s1. The molecule has 0 aliphatic heterocycles. The Bertz CT molecular complexity index is 215. The number of nitrogens with one attached hydrogen (secondary N) is 1. The number of rotatable bonds is 3. The summed E-state index contributed by atoms with van der Waals surface area (Å²) in [6.45, 7) is 4.78. The lowest BCUT2D eigenvalue weighted by Gasteiger charge is -1.94. The zero-order chi connectivity index (χ0) is 8.27. The molecule has 62 valence electrons. The summed E-state index contributed by atoms with van der Waals surface area (Å²) in [5.41, 5.74) is 3.87. The second kappa shape index (κ2) is 3.80. The van der Waals surface area contributed by atoms with Crippen molar-refractivity contribution in [3.8, 4) is 0 Å². The molecule has 3 nitrogen and oxygen atoms in total. The molecule has 1 aromatic heterocycles. The summed E-state index contributed by atoms with van der Waals surface area (Å²) in [6, 6.07) is 0. The summed E-state index contributed by atoms with van der Waals surface area (Å²) in [4.78, 5) is 10.3. The Morgan fingerprint density at radius 2 is 2.27 bits per heavy atom. The van der Waals surface area contributed by atoms with E-state index in [-0.39, 0.29) is 0 Å². The van der Waals surface area contributed by atoms with Crippen LogP contribution in [0.25, 0.3) is 0 Å². The van der Waals surface area contributed by atoms with Gasteiger partial charge in [-0.05, 0) is 13.8 Å². The average molecular weight is 172 g/mol. The highest BCUT2D eigenvalue weighted by Crippen LogP contribution is 2.15. The fraction of sp³-hybridized carbons (Fsp3) is 0.571. The zero-order valence-electron chi connectivity index (χ0n) is 6.97. The van der Waals surface area contributed by atoms with Gasteiger partial charge in [-0.1, -0.05) is 0 Å². The first-order valence-corrected chi connectivity index (χ1v) is 4.24. The molecule has 11 heavy (non-hydrogen) atoms. The third-order valence-corrected chi connectivity index (χ3v) is 2.51. The summed E-state index contributed by atoms with van der Waals surface area (Å²) < 4.78 is 0. The lowest BCUT2D eigenvalue weighted by atomic mass is 10.4. The first-order valence-electron chi connectivity index (χ1n) is 3.42. The van der Waals surface area contributed by atoms with Gasteiger partial charge in [0.2, 0.25) is 0 Å². The van der Waals surface area contributed by atoms with E-state index in [1.807, 2.05) is 6.92 Å². The van der Waals surface area contributed by atoms with E-state index in [1.54, 1.807) is 18.4 Å². The average Bonchev–Trinajstić information content (AvgIpc) is 2.28. The molecule has 0 saturated carbocycles. The Hall–Kier alpha value is -0.450. The molecule has 1 rings (SSSR count). The highest BCUT2D eigenvalue weighted by atomic mass is 32.1. The molecular weight excluding hydrogens is 160 g/mol. The maximum Gasteiger partial charge on any atom is 0.109 e. The first kappa shape index (κ1) is 8.64. The molecule has 0 atom stereocenters. The van der Waals surface area contributed by atoms with Crippen LogP contribution in [0.4, 0.5) is 0 Å². The normalized spacial score (nSPS) is 10.5. The molecule has 0 fully saturated rings. The second-order valence-corrected chi connectivity index (χ2v) is 3.56. The predicted octanol–water partition coefficient (Wildman–Crippen LogP) is 1.41. The third kappa shape index (κ3) is 2.25. The van der Waals surface area contributed by atoms with Gasteiger partial charge in [0.15, 0.2) is 0 Å². The van der Waals surface area contributed by atoms with E-state index in [2.05, 4.69) is 17.4 Å². The number of thiazole rings is 1. The van der Waals surface area contributed by atoms with Gasteiger partial charge < -0.3 is 4.84 Å². The van der Waals surface area contributed by atoms with Gasteiger partial charge in [-0.25, -0.2) is 4.98 Å². The molecular formula is C7H12N2OS. The molecule has 0 bridgehead atoms. The zero-order valence-corrected chi connectivity index (χ0v) is 7.79. The number of hydroxylamine groups is 1. The molecule has 0 spiro atoms. The van der Waals surface area contributed by atoms with Crippen molar-refractivity contribution in [1.82, 2.24) is 10.5 Å². The maximum absolute atomic E-state index is 4.71. The number of hydrogen-bond donors (Lipinski definition) is 1. The Labute approximate surface area is 70.4 Å². The van der Waals surface area contributed by atoms with Gasteiger partial charge in [0.05, 0.1) is 19.3 Å². The molecule has 4 heteroatoms. The molecule has 0 saturated heterocycles. The molecule has 1 aromatic rings. The quantitative estimate of drug-likeness (QED) is 0.700. The van der Waals surface area contributed by atoms with Crippen LogP contribution in [-0.4, -0.2) is 12.1 Å². The first-order chi connectivity index (χ1) is 5.24. The summed E-state index contributed by atoms with van der Waals surface area (Å²) in [6.07, 6.45) is 0. The minimum Gasteiger partial charge on any atom is -0.305 e. The van der Waals surface area contributed by atoms with E-state index in [0.29, 0.717) is 6.54 Å². The summed E-state index contributed by atoms with van der Waals surface area (Å²) in [5, 5.41) is 1.07. The lowest BCUT2D eigenvalue weighted by Crippen LogP contribution is -2.10. The Morgan fingerprint density at radius 1 is 1.55 bits per heavy atom. The van der Waals surface area contributed by atoms with Gasteiger partial charge in [0.25, 0.3) is 0 Å². The number of aromatic nitrogens is 1. The largest absolute Gasteiger partial charge is 0.305 e. The van der Waals surface area contributed by atoms with Gasteiger partial charge in [0.1, 0.15) is 5.01 Å². The fourth-order valence-electron chi connectivity index (χ4n) is 0.749. The molecule has 0 amide bonds. The van der Waals surface area contributed by atoms with E-state index in [9.17, 15) is 0 Å². The second-order valence-electron chi connectivity index (χ2n) is 2.27. The molecule has 0 aliphatic carbocycles. The topological polar surface area (TPSA) is 34.1 Å². The maximum atomic E-state index is 4.71. The number of aryl methyl sites for hydroxylation is 2. The molecule has 1 N–H and O–H groups in total. The molecule has 0 unspecified atom stereocenters. The monoisotopic (exact) mass is 172 g/mol. The van der Waals surface area contributed by atoms with Crippen molar-refractivity contribution in [3.63, 3.8) is 0 Å². The van der Waals surface area contributed by atoms with Crippen LogP contribution in [0.2, 0.25) is 0 Å². The highest BCUT2D eigenvalue weighted by molar-refractivity contribution is 7.11. The van der Waals surface area contributed by atoms with Crippen LogP contribution in [0, 0.1) is 13.8 Å². The summed E-state index contributed by atoms with van der Waals surface area (Å²) in [7, 11) is 1.60. The van der Waals surface area contributed by atoms with Crippen LogP contribution in [-0.2, 0) is 11.4 Å². The molecule has 0 radical (unpaired) electrons. The number of hydrogen-bond acceptors (Lipinski definition) is 4. The standard InChI is InChI=1S/C7H12N2OS/c1-5-6(2)11-7(9-5)4-8-10-3/h8H,4H2,1-3H3. The van der Waals surface area contributed by atoms with Crippen molar-refractivity contribution >= 4 is 11.3 Å². The minimum atomic E-state index is 0.690. The van der Waals surface area contributed by atoms with Crippen molar-refractivity contribution in [2.45, 2.75) is 20.4 Å². The van der Waals surface area contributed by atoms with Gasteiger partial charge >= 0.3 is 0 Å². The van der Waals surface area contributed by atoms with E-state index >= 15 is 0 Å². The van der Waals surface area contributed by atoms with Gasteiger partial charge in [-0.2, -0.15) is 5.48 Å². The van der Waals surface area contributed by atoms with Crippen LogP contribution in [0.5, 0.6) is 0 Å². The van der Waals surface area contributed by atoms with Crippen molar-refractivity contribution in [2.24, 2.45) is 0 Å². The molecule has 0 aromatic carbocycles. The molecule has 0 aliphatic rings. The van der Waals surface area contributed by atoms with Crippen LogP contribution < -0.4 is 5.48 Å².